The Kier molecular flexibility index (Phi) is 5.80. The van der Waals surface area contributed by atoms with E-state index in [9.17, 15) is 9.59 Å². The zero-order valence-corrected chi connectivity index (χ0v) is 17.4. The van der Waals surface area contributed by atoms with Crippen molar-refractivity contribution in [1.29, 1.82) is 0 Å². The summed E-state index contributed by atoms with van der Waals surface area (Å²) in [6.07, 6.45) is 0. The molecule has 0 amide bonds. The van der Waals surface area contributed by atoms with Gasteiger partial charge in [0.1, 0.15) is 6.61 Å². The third-order valence-electron chi connectivity index (χ3n) is 4.91. The van der Waals surface area contributed by atoms with Crippen molar-refractivity contribution in [3.8, 4) is 11.4 Å². The van der Waals surface area contributed by atoms with Crippen LogP contribution in [0.2, 0.25) is 0 Å². The Bertz CT molecular complexity index is 1290. The Morgan fingerprint density at radius 1 is 1.00 bits per heavy atom. The number of nitrogens with zero attached hydrogens (tertiary/aromatic N) is 2. The molecular formula is C25H22N2O4. The lowest BCUT2D eigenvalue weighted by atomic mass is 10.1. The standard InChI is InChI=1S/C25H22N2O4/c1-3-30-25(29)24-22(15-23(28)27(26-24)20-13-11-17(2)12-14-20)31-16-19-9-6-8-18-7-4-5-10-21(18)19/h4-15H,3,16H2,1-2H3. The number of carbonyl (C=O) groups excluding carboxylic acids is 1. The highest BCUT2D eigenvalue weighted by molar-refractivity contribution is 5.90. The number of hydrogen-bond donors (Lipinski definition) is 0. The molecule has 0 saturated heterocycles. The normalized spacial score (nSPS) is 10.8. The summed E-state index contributed by atoms with van der Waals surface area (Å²) in [5.74, 6) is -0.545. The highest BCUT2D eigenvalue weighted by Crippen LogP contribution is 2.22. The van der Waals surface area contributed by atoms with E-state index in [0.29, 0.717) is 5.69 Å². The van der Waals surface area contributed by atoms with Crippen LogP contribution in [0.25, 0.3) is 16.5 Å². The molecule has 156 valence electrons. The van der Waals surface area contributed by atoms with Crippen LogP contribution in [0.1, 0.15) is 28.5 Å². The molecule has 0 N–H and O–H groups in total. The van der Waals surface area contributed by atoms with Crippen LogP contribution in [0, 0.1) is 6.92 Å². The summed E-state index contributed by atoms with van der Waals surface area (Å²) in [5.41, 5.74) is 2.11. The Hall–Kier alpha value is -3.93. The zero-order chi connectivity index (χ0) is 21.8. The molecule has 0 aliphatic carbocycles. The predicted octanol–water partition coefficient (Wildman–Crippen LogP) is 4.45. The van der Waals surface area contributed by atoms with E-state index >= 15 is 0 Å². The van der Waals surface area contributed by atoms with E-state index in [0.717, 1.165) is 21.9 Å². The number of carbonyl (C=O) groups is 1. The molecule has 0 radical (unpaired) electrons. The number of rotatable bonds is 6. The highest BCUT2D eigenvalue weighted by Gasteiger charge is 2.20. The molecule has 0 unspecified atom stereocenters. The molecule has 0 bridgehead atoms. The minimum absolute atomic E-state index is 0.0396. The molecule has 6 nitrogen and oxygen atoms in total. The van der Waals surface area contributed by atoms with Crippen molar-refractivity contribution >= 4 is 16.7 Å². The van der Waals surface area contributed by atoms with Gasteiger partial charge in [-0.25, -0.2) is 4.79 Å². The number of aromatic nitrogens is 2. The van der Waals surface area contributed by atoms with Crippen LogP contribution >= 0.6 is 0 Å². The molecule has 6 heteroatoms. The topological polar surface area (TPSA) is 70.4 Å². The summed E-state index contributed by atoms with van der Waals surface area (Å²) in [6.45, 7) is 4.04. The van der Waals surface area contributed by atoms with Crippen molar-refractivity contribution in [1.82, 2.24) is 9.78 Å². The smallest absolute Gasteiger partial charge is 0.362 e. The lowest BCUT2D eigenvalue weighted by molar-refractivity contribution is 0.0511. The van der Waals surface area contributed by atoms with Crippen molar-refractivity contribution < 1.29 is 14.3 Å². The van der Waals surface area contributed by atoms with Gasteiger partial charge in [-0.3, -0.25) is 4.79 Å². The number of benzene rings is 3. The third kappa shape index (κ3) is 4.33. The second kappa shape index (κ2) is 8.83. The van der Waals surface area contributed by atoms with Crippen LogP contribution in [0.4, 0.5) is 0 Å². The molecule has 3 aromatic carbocycles. The first-order valence-electron chi connectivity index (χ1n) is 10.0. The van der Waals surface area contributed by atoms with Crippen molar-refractivity contribution in [3.05, 3.63) is 100.0 Å². The molecule has 0 fully saturated rings. The van der Waals surface area contributed by atoms with Crippen molar-refractivity contribution in [2.45, 2.75) is 20.5 Å². The molecule has 0 spiro atoms. The Morgan fingerprint density at radius 3 is 2.52 bits per heavy atom. The summed E-state index contributed by atoms with van der Waals surface area (Å²) in [4.78, 5) is 25.3. The van der Waals surface area contributed by atoms with Gasteiger partial charge in [-0.1, -0.05) is 60.2 Å². The number of ether oxygens (including phenoxy) is 2. The maximum absolute atomic E-state index is 12.8. The first kappa shape index (κ1) is 20.3. The SMILES string of the molecule is CCOC(=O)c1nn(-c2ccc(C)cc2)c(=O)cc1OCc1cccc2ccccc12. The van der Waals surface area contributed by atoms with Gasteiger partial charge >= 0.3 is 5.97 Å². The molecule has 0 aliphatic rings. The lowest BCUT2D eigenvalue weighted by Gasteiger charge is -2.13. The summed E-state index contributed by atoms with van der Waals surface area (Å²) in [7, 11) is 0. The summed E-state index contributed by atoms with van der Waals surface area (Å²) in [6, 6.07) is 22.5. The van der Waals surface area contributed by atoms with E-state index in [1.165, 1.54) is 10.7 Å². The molecule has 31 heavy (non-hydrogen) atoms. The largest absolute Gasteiger partial charge is 0.486 e. The fourth-order valence-electron chi connectivity index (χ4n) is 3.34. The van der Waals surface area contributed by atoms with Gasteiger partial charge in [0.15, 0.2) is 5.75 Å². The van der Waals surface area contributed by atoms with Gasteiger partial charge < -0.3 is 9.47 Å². The Balaban J connectivity index is 1.72. The van der Waals surface area contributed by atoms with Gasteiger partial charge in [-0.15, -0.1) is 0 Å². The van der Waals surface area contributed by atoms with Crippen LogP contribution in [0.5, 0.6) is 5.75 Å². The molecule has 4 rings (SSSR count). The van der Waals surface area contributed by atoms with E-state index in [-0.39, 0.29) is 24.7 Å². The molecule has 1 heterocycles. The van der Waals surface area contributed by atoms with Gasteiger partial charge in [0, 0.05) is 0 Å². The second-order valence-corrected chi connectivity index (χ2v) is 7.09. The van der Waals surface area contributed by atoms with Gasteiger partial charge in [0.2, 0.25) is 5.69 Å². The van der Waals surface area contributed by atoms with Crippen molar-refractivity contribution in [3.63, 3.8) is 0 Å². The van der Waals surface area contributed by atoms with Crippen LogP contribution in [-0.4, -0.2) is 22.4 Å². The fourth-order valence-corrected chi connectivity index (χ4v) is 3.34. The average molecular weight is 414 g/mol. The van der Waals surface area contributed by atoms with Crippen LogP contribution in [0.15, 0.2) is 77.6 Å². The fraction of sp³-hybridized carbons (Fsp3) is 0.160. The molecule has 0 atom stereocenters. The maximum atomic E-state index is 12.8. The molecule has 1 aromatic heterocycles. The first-order valence-corrected chi connectivity index (χ1v) is 10.0. The van der Waals surface area contributed by atoms with Gasteiger partial charge in [-0.05, 0) is 42.3 Å². The van der Waals surface area contributed by atoms with Crippen LogP contribution in [-0.2, 0) is 11.3 Å². The maximum Gasteiger partial charge on any atom is 0.362 e. The van der Waals surface area contributed by atoms with Crippen LogP contribution < -0.4 is 10.3 Å². The molecular weight excluding hydrogens is 392 g/mol. The third-order valence-corrected chi connectivity index (χ3v) is 4.91. The average Bonchev–Trinajstić information content (AvgIpc) is 2.78. The molecule has 0 saturated carbocycles. The monoisotopic (exact) mass is 414 g/mol. The zero-order valence-electron chi connectivity index (χ0n) is 17.4. The second-order valence-electron chi connectivity index (χ2n) is 7.09. The molecule has 0 aliphatic heterocycles. The minimum Gasteiger partial charge on any atom is -0.486 e. The van der Waals surface area contributed by atoms with Crippen molar-refractivity contribution in [2.75, 3.05) is 6.61 Å². The van der Waals surface area contributed by atoms with Gasteiger partial charge in [-0.2, -0.15) is 9.78 Å². The summed E-state index contributed by atoms with van der Waals surface area (Å²) < 4.78 is 12.2. The Morgan fingerprint density at radius 2 is 1.74 bits per heavy atom. The summed E-state index contributed by atoms with van der Waals surface area (Å²) in [5, 5.41) is 6.40. The van der Waals surface area contributed by atoms with E-state index in [2.05, 4.69) is 5.10 Å². The number of esters is 1. The van der Waals surface area contributed by atoms with Gasteiger partial charge in [0.05, 0.1) is 18.4 Å². The minimum atomic E-state index is -0.642. The quantitative estimate of drug-likeness (QED) is 0.436. The highest BCUT2D eigenvalue weighted by atomic mass is 16.5. The van der Waals surface area contributed by atoms with Crippen molar-refractivity contribution in [2.24, 2.45) is 0 Å². The lowest BCUT2D eigenvalue weighted by Crippen LogP contribution is -2.25. The molecule has 4 aromatic rings. The van der Waals surface area contributed by atoms with Crippen LogP contribution in [0.3, 0.4) is 0 Å². The summed E-state index contributed by atoms with van der Waals surface area (Å²) >= 11 is 0. The Labute approximate surface area is 179 Å². The number of fused-ring (bicyclic) bond motifs is 1. The number of hydrogen-bond acceptors (Lipinski definition) is 5. The first-order chi connectivity index (χ1) is 15.1. The van der Waals surface area contributed by atoms with Gasteiger partial charge in [0.25, 0.3) is 5.56 Å². The predicted molar refractivity (Wildman–Crippen MR) is 119 cm³/mol. The van der Waals surface area contributed by atoms with E-state index < -0.39 is 11.5 Å². The van der Waals surface area contributed by atoms with E-state index in [1.54, 1.807) is 19.1 Å². The number of aryl methyl sites for hydroxylation is 1. The van der Waals surface area contributed by atoms with E-state index in [1.807, 2.05) is 61.5 Å². The van der Waals surface area contributed by atoms with E-state index in [4.69, 9.17) is 9.47 Å².